The number of ether oxygens (including phenoxy) is 1. The van der Waals surface area contributed by atoms with Crippen LogP contribution in [0.25, 0.3) is 11.1 Å². The van der Waals surface area contributed by atoms with Gasteiger partial charge in [0.05, 0.1) is 18.6 Å². The summed E-state index contributed by atoms with van der Waals surface area (Å²) in [6.07, 6.45) is 3.15. The van der Waals surface area contributed by atoms with Gasteiger partial charge in [0.25, 0.3) is 32.1 Å². The Morgan fingerprint density at radius 2 is 1.40 bits per heavy atom. The van der Waals surface area contributed by atoms with E-state index in [4.69, 9.17) is 23.9 Å². The van der Waals surface area contributed by atoms with Crippen LogP contribution in [-0.2, 0) is 30.4 Å². The molecule has 3 rings (SSSR count). The zero-order valence-corrected chi connectivity index (χ0v) is 28.2. The fraction of sp³-hybridized carbons (Fsp3) is 0.500. The standard InChI is InChI=1S/C30H40N4O11S2/c1-18(8-6-5-7-9-25(35)36)27-30(2,3)21-14-19(17-24(45-4)26(21)34-27)20-15-22(28(37)31-10-12-46(39,40)41)33-23(16-20)29(38)32-11-13-47(42,43)44/h14-18H,5-13H2,1-4H3,(H,31,37)(H,32,38)(H,35,36)(H,39,40,41)(H,42,43,44). The number of rotatable bonds is 17. The molecule has 15 nitrogen and oxygen atoms in total. The lowest BCUT2D eigenvalue weighted by atomic mass is 9.75. The Hall–Kier alpha value is -3.93. The summed E-state index contributed by atoms with van der Waals surface area (Å²) >= 11 is 0. The first kappa shape index (κ1) is 37.5. The highest BCUT2D eigenvalue weighted by Gasteiger charge is 2.39. The number of methoxy groups -OCH3 is 1. The Morgan fingerprint density at radius 3 is 1.89 bits per heavy atom. The minimum atomic E-state index is -4.36. The van der Waals surface area contributed by atoms with Crippen LogP contribution in [0.5, 0.6) is 5.75 Å². The maximum atomic E-state index is 13.0. The van der Waals surface area contributed by atoms with Crippen molar-refractivity contribution < 1.29 is 50.2 Å². The molecule has 1 aromatic carbocycles. The van der Waals surface area contributed by atoms with Crippen LogP contribution in [0, 0.1) is 5.92 Å². The van der Waals surface area contributed by atoms with E-state index in [-0.39, 0.29) is 23.7 Å². The number of hydrogen-bond acceptors (Lipinski definition) is 10. The van der Waals surface area contributed by atoms with E-state index in [0.717, 1.165) is 30.5 Å². The zero-order valence-electron chi connectivity index (χ0n) is 26.6. The molecule has 17 heteroatoms. The van der Waals surface area contributed by atoms with Crippen LogP contribution in [0.2, 0.25) is 0 Å². The predicted octanol–water partition coefficient (Wildman–Crippen LogP) is 3.03. The molecule has 1 aliphatic heterocycles. The minimum Gasteiger partial charge on any atom is -0.494 e. The number of nitrogens with one attached hydrogen (secondary N) is 2. The SMILES string of the molecule is COc1cc(-c2cc(C(=O)NCCS(=O)(=O)O)nc(C(=O)NCCS(=O)(=O)O)c2)cc2c1N=C(C(C)CCCCCC(=O)O)C2(C)C. The van der Waals surface area contributed by atoms with Crippen LogP contribution >= 0.6 is 0 Å². The summed E-state index contributed by atoms with van der Waals surface area (Å²) in [5.41, 5.74) is 2.22. The number of unbranched alkanes of at least 4 members (excludes halogenated alkanes) is 2. The fourth-order valence-corrected chi connectivity index (χ4v) is 6.10. The number of carbonyl (C=O) groups is 3. The van der Waals surface area contributed by atoms with E-state index < -0.39 is 68.0 Å². The van der Waals surface area contributed by atoms with Gasteiger partial charge < -0.3 is 20.5 Å². The van der Waals surface area contributed by atoms with Crippen molar-refractivity contribution in [3.05, 3.63) is 41.2 Å². The zero-order chi connectivity index (χ0) is 35.2. The number of nitrogens with zero attached hydrogens (tertiary/aromatic N) is 2. The van der Waals surface area contributed by atoms with Gasteiger partial charge in [-0.1, -0.05) is 33.6 Å². The highest BCUT2D eigenvalue weighted by molar-refractivity contribution is 7.86. The van der Waals surface area contributed by atoms with Crippen LogP contribution in [-0.4, -0.2) is 91.2 Å². The molecule has 0 saturated heterocycles. The van der Waals surface area contributed by atoms with Gasteiger partial charge in [-0.3, -0.25) is 28.5 Å². The molecular formula is C30H40N4O11S2. The van der Waals surface area contributed by atoms with E-state index >= 15 is 0 Å². The highest BCUT2D eigenvalue weighted by Crippen LogP contribution is 2.49. The number of aliphatic imine (C=N–C) groups is 1. The second-order valence-electron chi connectivity index (χ2n) is 11.8. The van der Waals surface area contributed by atoms with Gasteiger partial charge in [0.2, 0.25) is 0 Å². The number of carboxylic acids is 1. The molecule has 258 valence electrons. The molecule has 0 aliphatic carbocycles. The van der Waals surface area contributed by atoms with Crippen molar-refractivity contribution >= 4 is 49.4 Å². The molecule has 2 heterocycles. The van der Waals surface area contributed by atoms with Gasteiger partial charge in [-0.25, -0.2) is 4.98 Å². The van der Waals surface area contributed by atoms with Gasteiger partial charge >= 0.3 is 5.97 Å². The van der Waals surface area contributed by atoms with Crippen LogP contribution in [0.1, 0.15) is 79.4 Å². The van der Waals surface area contributed by atoms with Crippen molar-refractivity contribution in [3.63, 3.8) is 0 Å². The number of aliphatic carboxylic acids is 1. The molecule has 2 amide bonds. The highest BCUT2D eigenvalue weighted by atomic mass is 32.2. The van der Waals surface area contributed by atoms with Gasteiger partial charge in [0, 0.05) is 30.6 Å². The van der Waals surface area contributed by atoms with Crippen LogP contribution in [0.15, 0.2) is 29.3 Å². The topological polar surface area (TPSA) is 239 Å². The van der Waals surface area contributed by atoms with E-state index in [1.165, 1.54) is 19.2 Å². The number of hydrogen-bond donors (Lipinski definition) is 5. The molecule has 5 N–H and O–H groups in total. The number of aromatic nitrogens is 1. The number of amides is 2. The maximum Gasteiger partial charge on any atom is 0.303 e. The maximum absolute atomic E-state index is 13.0. The number of fused-ring (bicyclic) bond motifs is 1. The first-order valence-corrected chi connectivity index (χ1v) is 18.1. The third-order valence-electron chi connectivity index (χ3n) is 7.75. The van der Waals surface area contributed by atoms with Gasteiger partial charge in [-0.2, -0.15) is 16.8 Å². The Bertz CT molecular complexity index is 1700. The normalized spacial score (nSPS) is 14.6. The largest absolute Gasteiger partial charge is 0.494 e. The quantitative estimate of drug-likeness (QED) is 0.118. The van der Waals surface area contributed by atoms with Gasteiger partial charge in [-0.05, 0) is 59.7 Å². The molecule has 0 spiro atoms. The summed E-state index contributed by atoms with van der Waals surface area (Å²) in [6.45, 7) is 5.25. The fourth-order valence-electron chi connectivity index (χ4n) is 5.38. The summed E-state index contributed by atoms with van der Waals surface area (Å²) in [5, 5.41) is 13.6. The van der Waals surface area contributed by atoms with Gasteiger partial charge in [-0.15, -0.1) is 0 Å². The Morgan fingerprint density at radius 1 is 0.872 bits per heavy atom. The smallest absolute Gasteiger partial charge is 0.303 e. The summed E-state index contributed by atoms with van der Waals surface area (Å²) in [4.78, 5) is 45.8. The van der Waals surface area contributed by atoms with Gasteiger partial charge in [0.15, 0.2) is 0 Å². The molecule has 1 aliphatic rings. The molecule has 1 atom stereocenters. The number of benzene rings is 1. The van der Waals surface area contributed by atoms with Crippen molar-refractivity contribution in [3.8, 4) is 16.9 Å². The number of pyridine rings is 1. The van der Waals surface area contributed by atoms with Crippen molar-refractivity contribution in [1.29, 1.82) is 0 Å². The van der Waals surface area contributed by atoms with E-state index in [0.29, 0.717) is 29.0 Å². The molecule has 0 radical (unpaired) electrons. The van der Waals surface area contributed by atoms with E-state index in [1.54, 1.807) is 6.07 Å². The molecule has 1 aromatic heterocycles. The molecule has 47 heavy (non-hydrogen) atoms. The summed E-state index contributed by atoms with van der Waals surface area (Å²) in [6, 6.07) is 6.33. The second kappa shape index (κ2) is 15.3. The molecule has 0 bridgehead atoms. The molecule has 0 saturated carbocycles. The van der Waals surface area contributed by atoms with E-state index in [2.05, 4.69) is 22.5 Å². The second-order valence-corrected chi connectivity index (χ2v) is 14.9. The lowest BCUT2D eigenvalue weighted by Gasteiger charge is -2.27. The van der Waals surface area contributed by atoms with Crippen molar-refractivity contribution in [2.24, 2.45) is 10.9 Å². The Kier molecular flexibility index (Phi) is 12.2. The summed E-state index contributed by atoms with van der Waals surface area (Å²) < 4.78 is 68.1. The van der Waals surface area contributed by atoms with Crippen molar-refractivity contribution in [1.82, 2.24) is 15.6 Å². The third-order valence-corrected chi connectivity index (χ3v) is 9.19. The number of carboxylic acid groups (broad SMARTS) is 1. The number of carbonyl (C=O) groups excluding carboxylic acids is 2. The lowest BCUT2D eigenvalue weighted by Crippen LogP contribution is -2.32. The Labute approximate surface area is 273 Å². The average Bonchev–Trinajstić information content (AvgIpc) is 3.24. The molecule has 2 aromatic rings. The van der Waals surface area contributed by atoms with Crippen molar-refractivity contribution in [2.75, 3.05) is 31.7 Å². The monoisotopic (exact) mass is 696 g/mol. The van der Waals surface area contributed by atoms with Crippen LogP contribution in [0.3, 0.4) is 0 Å². The molecule has 0 fully saturated rings. The van der Waals surface area contributed by atoms with Crippen molar-refractivity contribution in [2.45, 2.75) is 58.3 Å². The van der Waals surface area contributed by atoms with E-state index in [1.807, 2.05) is 19.9 Å². The molecular weight excluding hydrogens is 656 g/mol. The predicted molar refractivity (Wildman–Crippen MR) is 174 cm³/mol. The van der Waals surface area contributed by atoms with E-state index in [9.17, 15) is 31.2 Å². The van der Waals surface area contributed by atoms with Gasteiger partial charge in [0.1, 0.15) is 22.8 Å². The van der Waals surface area contributed by atoms with Crippen LogP contribution in [0.4, 0.5) is 5.69 Å². The minimum absolute atomic E-state index is 0.0763. The lowest BCUT2D eigenvalue weighted by molar-refractivity contribution is -0.137. The first-order chi connectivity index (χ1) is 21.8. The third kappa shape index (κ3) is 10.5. The average molecular weight is 697 g/mol. The Balaban J connectivity index is 1.98. The van der Waals surface area contributed by atoms with Crippen LogP contribution < -0.4 is 15.4 Å². The summed E-state index contributed by atoms with van der Waals surface area (Å²) in [5.74, 6) is -3.47. The molecule has 1 unspecified atom stereocenters. The summed E-state index contributed by atoms with van der Waals surface area (Å²) in [7, 11) is -7.23. The first-order valence-electron chi connectivity index (χ1n) is 14.8.